The molecule has 0 bridgehead atoms. The zero-order valence-electron chi connectivity index (χ0n) is 10.9. The molecule has 1 N–H and O–H groups in total. The minimum Gasteiger partial charge on any atom is -0.389 e. The SMILES string of the molecule is CC(O)c1ccc(-n2ccn(C(C)C)c2=O)cc1. The van der Waals surface area contributed by atoms with E-state index in [4.69, 9.17) is 0 Å². The molecule has 0 radical (unpaired) electrons. The number of aliphatic hydroxyl groups is 1. The minimum absolute atomic E-state index is 0.0465. The van der Waals surface area contributed by atoms with Gasteiger partial charge < -0.3 is 5.11 Å². The lowest BCUT2D eigenvalue weighted by Gasteiger charge is -2.07. The summed E-state index contributed by atoms with van der Waals surface area (Å²) in [7, 11) is 0. The van der Waals surface area contributed by atoms with Gasteiger partial charge in [-0.1, -0.05) is 12.1 Å². The average molecular weight is 246 g/mol. The van der Waals surface area contributed by atoms with Crippen LogP contribution in [0.4, 0.5) is 0 Å². The van der Waals surface area contributed by atoms with Gasteiger partial charge in [0.05, 0.1) is 11.8 Å². The number of rotatable bonds is 3. The second kappa shape index (κ2) is 4.82. The predicted molar refractivity (Wildman–Crippen MR) is 71.0 cm³/mol. The molecule has 96 valence electrons. The summed E-state index contributed by atoms with van der Waals surface area (Å²) in [5, 5.41) is 9.44. The lowest BCUT2D eigenvalue weighted by atomic mass is 10.1. The molecule has 0 spiro atoms. The zero-order valence-corrected chi connectivity index (χ0v) is 10.9. The second-order valence-electron chi connectivity index (χ2n) is 4.72. The number of hydrogen-bond acceptors (Lipinski definition) is 2. The molecule has 0 aliphatic carbocycles. The van der Waals surface area contributed by atoms with Gasteiger partial charge in [0.25, 0.3) is 0 Å². The van der Waals surface area contributed by atoms with Gasteiger partial charge >= 0.3 is 5.69 Å². The van der Waals surface area contributed by atoms with Crippen molar-refractivity contribution in [2.75, 3.05) is 0 Å². The Balaban J connectivity index is 2.40. The van der Waals surface area contributed by atoms with Gasteiger partial charge in [0.1, 0.15) is 0 Å². The van der Waals surface area contributed by atoms with E-state index in [9.17, 15) is 9.90 Å². The number of nitrogens with zero attached hydrogens (tertiary/aromatic N) is 2. The van der Waals surface area contributed by atoms with E-state index in [0.717, 1.165) is 11.3 Å². The molecule has 0 aliphatic heterocycles. The zero-order chi connectivity index (χ0) is 13.3. The van der Waals surface area contributed by atoms with Gasteiger partial charge in [0, 0.05) is 18.4 Å². The summed E-state index contributed by atoms with van der Waals surface area (Å²) < 4.78 is 3.29. The van der Waals surface area contributed by atoms with Crippen molar-refractivity contribution in [1.82, 2.24) is 9.13 Å². The van der Waals surface area contributed by atoms with Crippen LogP contribution in [0.1, 0.15) is 38.5 Å². The van der Waals surface area contributed by atoms with Gasteiger partial charge in [0.2, 0.25) is 0 Å². The maximum absolute atomic E-state index is 12.1. The van der Waals surface area contributed by atoms with Crippen molar-refractivity contribution in [3.63, 3.8) is 0 Å². The van der Waals surface area contributed by atoms with Crippen molar-refractivity contribution in [2.24, 2.45) is 0 Å². The van der Waals surface area contributed by atoms with E-state index in [1.165, 1.54) is 0 Å². The van der Waals surface area contributed by atoms with E-state index >= 15 is 0 Å². The second-order valence-corrected chi connectivity index (χ2v) is 4.72. The van der Waals surface area contributed by atoms with Gasteiger partial charge in [-0.2, -0.15) is 0 Å². The number of benzene rings is 1. The molecule has 1 aromatic heterocycles. The highest BCUT2D eigenvalue weighted by molar-refractivity contribution is 5.35. The van der Waals surface area contributed by atoms with E-state index in [-0.39, 0.29) is 11.7 Å². The van der Waals surface area contributed by atoms with Gasteiger partial charge in [-0.15, -0.1) is 0 Å². The third kappa shape index (κ3) is 2.24. The molecule has 0 aliphatic rings. The van der Waals surface area contributed by atoms with Crippen LogP contribution in [0.25, 0.3) is 5.69 Å². The molecule has 1 unspecified atom stereocenters. The highest BCUT2D eigenvalue weighted by Crippen LogP contribution is 2.14. The highest BCUT2D eigenvalue weighted by Gasteiger charge is 2.08. The molecule has 1 heterocycles. The Morgan fingerprint density at radius 1 is 1.06 bits per heavy atom. The van der Waals surface area contributed by atoms with Crippen LogP contribution >= 0.6 is 0 Å². The Morgan fingerprint density at radius 3 is 2.11 bits per heavy atom. The molecular formula is C14H18N2O2. The van der Waals surface area contributed by atoms with Gasteiger partial charge in [-0.05, 0) is 38.5 Å². The van der Waals surface area contributed by atoms with Crippen LogP contribution in [0.3, 0.4) is 0 Å². The van der Waals surface area contributed by atoms with Crippen LogP contribution in [0, 0.1) is 0 Å². The fraction of sp³-hybridized carbons (Fsp3) is 0.357. The van der Waals surface area contributed by atoms with Gasteiger partial charge in [-0.3, -0.25) is 9.13 Å². The van der Waals surface area contributed by atoms with Crippen LogP contribution in [0.5, 0.6) is 0 Å². The molecule has 1 aromatic carbocycles. The average Bonchev–Trinajstić information content (AvgIpc) is 2.71. The molecule has 1 atom stereocenters. The maximum Gasteiger partial charge on any atom is 0.332 e. The first-order valence-electron chi connectivity index (χ1n) is 6.08. The van der Waals surface area contributed by atoms with Crippen LogP contribution in [0.15, 0.2) is 41.5 Å². The van der Waals surface area contributed by atoms with E-state index in [1.807, 2.05) is 38.1 Å². The summed E-state index contributed by atoms with van der Waals surface area (Å²) in [6.07, 6.45) is 3.06. The third-order valence-corrected chi connectivity index (χ3v) is 3.01. The predicted octanol–water partition coefficient (Wildman–Crippen LogP) is 2.27. The molecule has 4 nitrogen and oxygen atoms in total. The Bertz CT molecular complexity index is 577. The number of aliphatic hydroxyl groups excluding tert-OH is 1. The first-order valence-corrected chi connectivity index (χ1v) is 6.08. The van der Waals surface area contributed by atoms with Gasteiger partial charge in [-0.25, -0.2) is 4.79 Å². The Hall–Kier alpha value is -1.81. The van der Waals surface area contributed by atoms with Crippen molar-refractivity contribution in [1.29, 1.82) is 0 Å². The van der Waals surface area contributed by atoms with Crippen molar-refractivity contribution in [3.8, 4) is 5.69 Å². The number of imidazole rings is 1. The first-order chi connectivity index (χ1) is 8.50. The van der Waals surface area contributed by atoms with Crippen LogP contribution in [-0.2, 0) is 0 Å². The van der Waals surface area contributed by atoms with Crippen LogP contribution in [-0.4, -0.2) is 14.2 Å². The lowest BCUT2D eigenvalue weighted by molar-refractivity contribution is 0.199. The molecule has 0 fully saturated rings. The van der Waals surface area contributed by atoms with Crippen LogP contribution in [0.2, 0.25) is 0 Å². The largest absolute Gasteiger partial charge is 0.389 e. The summed E-state index contributed by atoms with van der Waals surface area (Å²) in [4.78, 5) is 12.1. The van der Waals surface area contributed by atoms with E-state index in [1.54, 1.807) is 28.5 Å². The monoisotopic (exact) mass is 246 g/mol. The van der Waals surface area contributed by atoms with Gasteiger partial charge in [0.15, 0.2) is 0 Å². The fourth-order valence-electron chi connectivity index (χ4n) is 1.89. The van der Waals surface area contributed by atoms with Crippen molar-refractivity contribution in [3.05, 3.63) is 52.7 Å². The number of hydrogen-bond donors (Lipinski definition) is 1. The third-order valence-electron chi connectivity index (χ3n) is 3.01. The molecule has 18 heavy (non-hydrogen) atoms. The standard InChI is InChI=1S/C14H18N2O2/c1-10(2)15-8-9-16(14(15)18)13-6-4-12(5-7-13)11(3)17/h4-11,17H,1-3H3. The Morgan fingerprint density at radius 2 is 1.67 bits per heavy atom. The fourth-order valence-corrected chi connectivity index (χ4v) is 1.89. The van der Waals surface area contributed by atoms with E-state index in [2.05, 4.69) is 0 Å². The normalized spacial score (nSPS) is 12.9. The summed E-state index contributed by atoms with van der Waals surface area (Å²) in [6.45, 7) is 5.67. The summed E-state index contributed by atoms with van der Waals surface area (Å²) >= 11 is 0. The molecule has 2 aromatic rings. The van der Waals surface area contributed by atoms with E-state index < -0.39 is 6.10 Å². The molecule has 2 rings (SSSR count). The van der Waals surface area contributed by atoms with E-state index in [0.29, 0.717) is 0 Å². The van der Waals surface area contributed by atoms with Crippen LogP contribution < -0.4 is 5.69 Å². The maximum atomic E-state index is 12.1. The Labute approximate surface area is 106 Å². The van der Waals surface area contributed by atoms with Crippen molar-refractivity contribution >= 4 is 0 Å². The smallest absolute Gasteiger partial charge is 0.332 e. The topological polar surface area (TPSA) is 47.2 Å². The first kappa shape index (κ1) is 12.6. The molecule has 4 heteroatoms. The van der Waals surface area contributed by atoms with Crippen molar-refractivity contribution < 1.29 is 5.11 Å². The highest BCUT2D eigenvalue weighted by atomic mass is 16.3. The quantitative estimate of drug-likeness (QED) is 0.903. The summed E-state index contributed by atoms with van der Waals surface area (Å²) in [5.74, 6) is 0. The Kier molecular flexibility index (Phi) is 3.39. The lowest BCUT2D eigenvalue weighted by Crippen LogP contribution is -2.24. The molecule has 0 saturated carbocycles. The summed E-state index contributed by atoms with van der Waals surface area (Å²) in [6, 6.07) is 7.50. The minimum atomic E-state index is -0.490. The molecule has 0 saturated heterocycles. The number of aromatic nitrogens is 2. The van der Waals surface area contributed by atoms with Crippen molar-refractivity contribution in [2.45, 2.75) is 32.9 Å². The molecular weight excluding hydrogens is 228 g/mol. The molecule has 0 amide bonds. The summed E-state index contributed by atoms with van der Waals surface area (Å²) in [5.41, 5.74) is 1.61.